The highest BCUT2D eigenvalue weighted by Gasteiger charge is 2.60. The zero-order valence-corrected chi connectivity index (χ0v) is 12.8. The first-order valence-electron chi connectivity index (χ1n) is 7.68. The molecule has 1 aromatic carbocycles. The molecule has 0 saturated heterocycles. The Morgan fingerprint density at radius 2 is 1.84 bits per heavy atom. The highest BCUT2D eigenvalue weighted by atomic mass is 15.2. The first-order valence-corrected chi connectivity index (χ1v) is 7.68. The summed E-state index contributed by atoms with van der Waals surface area (Å²) in [5.41, 5.74) is 2.45. The van der Waals surface area contributed by atoms with Crippen LogP contribution in [0.15, 0.2) is 30.3 Å². The molecule has 1 nitrogen and oxygen atoms in total. The second-order valence-corrected chi connectivity index (χ2v) is 7.72. The van der Waals surface area contributed by atoms with Gasteiger partial charge < -0.3 is 0 Å². The third-order valence-corrected chi connectivity index (χ3v) is 5.91. The lowest BCUT2D eigenvalue weighted by Crippen LogP contribution is -2.50. The van der Waals surface area contributed by atoms with Gasteiger partial charge in [-0.05, 0) is 48.6 Å². The molecular formula is C18H27N. The van der Waals surface area contributed by atoms with Gasteiger partial charge in [0.15, 0.2) is 0 Å². The maximum atomic E-state index is 2.62. The summed E-state index contributed by atoms with van der Waals surface area (Å²) in [7, 11) is 2.32. The van der Waals surface area contributed by atoms with Gasteiger partial charge in [-0.3, -0.25) is 4.90 Å². The fraction of sp³-hybridized carbons (Fsp3) is 0.667. The second kappa shape index (κ2) is 4.34. The van der Waals surface area contributed by atoms with E-state index in [4.69, 9.17) is 0 Å². The smallest absolute Gasteiger partial charge is 0.0234 e. The Morgan fingerprint density at radius 3 is 2.42 bits per heavy atom. The van der Waals surface area contributed by atoms with Gasteiger partial charge in [0.25, 0.3) is 0 Å². The number of hydrogen-bond donors (Lipinski definition) is 0. The molecule has 0 spiro atoms. The second-order valence-electron chi connectivity index (χ2n) is 7.72. The zero-order valence-electron chi connectivity index (χ0n) is 12.8. The first-order chi connectivity index (χ1) is 8.93. The van der Waals surface area contributed by atoms with Crippen LogP contribution in [-0.2, 0) is 6.54 Å². The molecule has 0 unspecified atom stereocenters. The molecule has 2 saturated carbocycles. The summed E-state index contributed by atoms with van der Waals surface area (Å²) < 4.78 is 0. The van der Waals surface area contributed by atoms with Gasteiger partial charge in [-0.15, -0.1) is 0 Å². The van der Waals surface area contributed by atoms with Crippen LogP contribution in [0.1, 0.15) is 45.6 Å². The lowest BCUT2D eigenvalue weighted by molar-refractivity contribution is 0.0150. The molecule has 3 rings (SSSR count). The topological polar surface area (TPSA) is 3.24 Å². The van der Waals surface area contributed by atoms with E-state index in [1.54, 1.807) is 0 Å². The molecule has 0 aromatic heterocycles. The largest absolute Gasteiger partial charge is 0.298 e. The van der Waals surface area contributed by atoms with E-state index in [0.29, 0.717) is 10.8 Å². The van der Waals surface area contributed by atoms with Crippen molar-refractivity contribution in [3.05, 3.63) is 35.9 Å². The molecule has 1 heteroatoms. The van der Waals surface area contributed by atoms with Crippen molar-refractivity contribution in [2.45, 2.75) is 52.6 Å². The molecular weight excluding hydrogens is 230 g/mol. The van der Waals surface area contributed by atoms with Crippen molar-refractivity contribution in [2.24, 2.45) is 16.7 Å². The quantitative estimate of drug-likeness (QED) is 0.779. The molecule has 2 aliphatic rings. The van der Waals surface area contributed by atoms with Crippen molar-refractivity contribution in [1.29, 1.82) is 0 Å². The maximum absolute atomic E-state index is 2.62. The molecule has 104 valence electrons. The average molecular weight is 257 g/mol. The van der Waals surface area contributed by atoms with Gasteiger partial charge >= 0.3 is 0 Å². The van der Waals surface area contributed by atoms with E-state index in [1.165, 1.54) is 24.8 Å². The number of hydrogen-bond acceptors (Lipinski definition) is 1. The van der Waals surface area contributed by atoms with E-state index in [2.05, 4.69) is 63.1 Å². The van der Waals surface area contributed by atoms with E-state index < -0.39 is 0 Å². The average Bonchev–Trinajstić information content (AvgIpc) is 2.81. The first kappa shape index (κ1) is 13.2. The minimum atomic E-state index is 0.469. The lowest BCUT2D eigenvalue weighted by atomic mass is 9.67. The van der Waals surface area contributed by atoms with E-state index in [0.717, 1.165) is 18.5 Å². The van der Waals surface area contributed by atoms with Crippen molar-refractivity contribution in [1.82, 2.24) is 4.90 Å². The van der Waals surface area contributed by atoms with Crippen molar-refractivity contribution >= 4 is 0 Å². The maximum Gasteiger partial charge on any atom is 0.0234 e. The normalized spacial score (nSPS) is 36.1. The van der Waals surface area contributed by atoms with Gasteiger partial charge in [-0.2, -0.15) is 0 Å². The minimum Gasteiger partial charge on any atom is -0.298 e. The van der Waals surface area contributed by atoms with Crippen molar-refractivity contribution < 1.29 is 0 Å². The van der Waals surface area contributed by atoms with Gasteiger partial charge in [-0.1, -0.05) is 51.1 Å². The Kier molecular flexibility index (Phi) is 3.01. The number of nitrogens with zero attached hydrogens (tertiary/aromatic N) is 1. The van der Waals surface area contributed by atoms with Crippen LogP contribution < -0.4 is 0 Å². The minimum absolute atomic E-state index is 0.469. The number of benzene rings is 1. The van der Waals surface area contributed by atoms with Gasteiger partial charge in [0.1, 0.15) is 0 Å². The van der Waals surface area contributed by atoms with Crippen molar-refractivity contribution in [3.63, 3.8) is 0 Å². The third-order valence-electron chi connectivity index (χ3n) is 5.91. The summed E-state index contributed by atoms with van der Waals surface area (Å²) in [6.45, 7) is 8.59. The fourth-order valence-corrected chi connectivity index (χ4v) is 5.34. The molecule has 0 heterocycles. The molecule has 0 radical (unpaired) electrons. The van der Waals surface area contributed by atoms with Crippen LogP contribution in [0.25, 0.3) is 0 Å². The highest BCUT2D eigenvalue weighted by molar-refractivity contribution is 5.17. The fourth-order valence-electron chi connectivity index (χ4n) is 5.34. The molecule has 1 aromatic rings. The molecule has 2 fully saturated rings. The summed E-state index contributed by atoms with van der Waals surface area (Å²) in [4.78, 5) is 2.62. The predicted molar refractivity (Wildman–Crippen MR) is 80.9 cm³/mol. The van der Waals surface area contributed by atoms with Gasteiger partial charge in [-0.25, -0.2) is 0 Å². The van der Waals surface area contributed by atoms with Crippen LogP contribution in [0.3, 0.4) is 0 Å². The van der Waals surface area contributed by atoms with E-state index >= 15 is 0 Å². The van der Waals surface area contributed by atoms with Crippen LogP contribution in [-0.4, -0.2) is 18.0 Å². The molecule has 2 bridgehead atoms. The van der Waals surface area contributed by atoms with Gasteiger partial charge in [0, 0.05) is 12.6 Å². The van der Waals surface area contributed by atoms with Crippen molar-refractivity contribution in [3.8, 4) is 0 Å². The predicted octanol–water partition coefficient (Wildman–Crippen LogP) is 4.33. The third kappa shape index (κ3) is 2.03. The highest BCUT2D eigenvalue weighted by Crippen LogP contribution is 2.63. The molecule has 0 N–H and O–H groups in total. The lowest BCUT2D eigenvalue weighted by Gasteiger charge is -2.47. The molecule has 0 aliphatic heterocycles. The molecule has 0 amide bonds. The Balaban J connectivity index is 1.81. The molecule has 19 heavy (non-hydrogen) atoms. The summed E-state index contributed by atoms with van der Waals surface area (Å²) in [6.07, 6.45) is 4.30. The SMILES string of the molecule is CN(Cc1ccccc1)[C@H]1C(C)(C)[C@H]2CC[C@@]1(C)C2. The summed E-state index contributed by atoms with van der Waals surface area (Å²) in [5.74, 6) is 0.931. The van der Waals surface area contributed by atoms with Gasteiger partial charge in [0.05, 0.1) is 0 Å². The Hall–Kier alpha value is -0.820. The van der Waals surface area contributed by atoms with Crippen molar-refractivity contribution in [2.75, 3.05) is 7.05 Å². The van der Waals surface area contributed by atoms with Crippen LogP contribution in [0.5, 0.6) is 0 Å². The Morgan fingerprint density at radius 1 is 1.16 bits per heavy atom. The number of fused-ring (bicyclic) bond motifs is 2. The standard InChI is InChI=1S/C18H27N/c1-17(2)15-10-11-18(3,12-15)16(17)19(4)13-14-8-6-5-7-9-14/h5-9,15-16H,10-13H2,1-4H3/t15-,16-,18-/m0/s1. The van der Waals surface area contributed by atoms with Crippen LogP contribution in [0.2, 0.25) is 0 Å². The molecule has 2 aliphatic carbocycles. The van der Waals surface area contributed by atoms with Crippen LogP contribution in [0.4, 0.5) is 0 Å². The summed E-state index contributed by atoms with van der Waals surface area (Å²) in [6, 6.07) is 11.6. The Labute approximate surface area is 118 Å². The monoisotopic (exact) mass is 257 g/mol. The molecule has 3 atom stereocenters. The van der Waals surface area contributed by atoms with E-state index in [1.807, 2.05) is 0 Å². The van der Waals surface area contributed by atoms with Crippen LogP contribution >= 0.6 is 0 Å². The van der Waals surface area contributed by atoms with E-state index in [9.17, 15) is 0 Å². The summed E-state index contributed by atoms with van der Waals surface area (Å²) >= 11 is 0. The van der Waals surface area contributed by atoms with E-state index in [-0.39, 0.29) is 0 Å². The van der Waals surface area contributed by atoms with Gasteiger partial charge in [0.2, 0.25) is 0 Å². The zero-order chi connectivity index (χ0) is 13.7. The van der Waals surface area contributed by atoms with Crippen LogP contribution in [0, 0.1) is 16.7 Å². The number of rotatable bonds is 3. The summed E-state index contributed by atoms with van der Waals surface area (Å²) in [5, 5.41) is 0. The Bertz CT molecular complexity index is 445.